The van der Waals surface area contributed by atoms with Crippen molar-refractivity contribution in [3.8, 4) is 5.69 Å². The van der Waals surface area contributed by atoms with Crippen LogP contribution in [0.1, 0.15) is 5.56 Å². The first-order chi connectivity index (χ1) is 14.4. The standard InChI is InChI=1S/C23H25N5O/c1-2-4-20(5-3-1)28-18-25-22-16-19(6-7-23(22)28)21-8-9-27(17-24-21)11-10-26-12-14-29-15-13-26/h1-9,16,18H,10-15,17H2. The molecule has 0 saturated carbocycles. The van der Waals surface area contributed by atoms with Crippen LogP contribution in [-0.2, 0) is 4.74 Å². The van der Waals surface area contributed by atoms with Crippen molar-refractivity contribution in [1.29, 1.82) is 0 Å². The summed E-state index contributed by atoms with van der Waals surface area (Å²) in [7, 11) is 0. The maximum atomic E-state index is 5.41. The van der Waals surface area contributed by atoms with E-state index in [1.807, 2.05) is 24.5 Å². The second kappa shape index (κ2) is 8.19. The normalized spacial score (nSPS) is 17.7. The molecule has 29 heavy (non-hydrogen) atoms. The molecule has 0 bridgehead atoms. The van der Waals surface area contributed by atoms with Gasteiger partial charge in [-0.25, -0.2) is 4.98 Å². The van der Waals surface area contributed by atoms with Crippen molar-refractivity contribution >= 4 is 16.7 Å². The number of allylic oxidation sites excluding steroid dienone is 1. The Balaban J connectivity index is 1.27. The molecule has 148 valence electrons. The van der Waals surface area contributed by atoms with E-state index < -0.39 is 0 Å². The Morgan fingerprint density at radius 3 is 2.62 bits per heavy atom. The van der Waals surface area contributed by atoms with Gasteiger partial charge < -0.3 is 9.64 Å². The highest BCUT2D eigenvalue weighted by Gasteiger charge is 2.13. The molecule has 0 atom stereocenters. The molecule has 1 aromatic heterocycles. The van der Waals surface area contributed by atoms with Crippen molar-refractivity contribution in [2.75, 3.05) is 46.1 Å². The molecule has 0 radical (unpaired) electrons. The molecule has 0 aliphatic carbocycles. The molecule has 0 N–H and O–H groups in total. The van der Waals surface area contributed by atoms with E-state index in [1.54, 1.807) is 0 Å². The number of nitrogens with zero attached hydrogens (tertiary/aromatic N) is 5. The summed E-state index contributed by atoms with van der Waals surface area (Å²) in [6.45, 7) is 6.51. The van der Waals surface area contributed by atoms with Gasteiger partial charge in [0.15, 0.2) is 0 Å². The van der Waals surface area contributed by atoms with Crippen LogP contribution in [0.4, 0.5) is 0 Å². The summed E-state index contributed by atoms with van der Waals surface area (Å²) in [4.78, 5) is 14.1. The van der Waals surface area contributed by atoms with E-state index in [4.69, 9.17) is 9.73 Å². The first kappa shape index (κ1) is 18.1. The fourth-order valence-electron chi connectivity index (χ4n) is 3.84. The minimum absolute atomic E-state index is 0.701. The van der Waals surface area contributed by atoms with Crippen molar-refractivity contribution in [3.05, 3.63) is 72.7 Å². The SMILES string of the molecule is C1=CN(CCN2CCOCC2)CN=C1c1ccc2c(c1)ncn2-c1ccccc1. The van der Waals surface area contributed by atoms with Crippen molar-refractivity contribution in [2.24, 2.45) is 4.99 Å². The smallest absolute Gasteiger partial charge is 0.110 e. The van der Waals surface area contributed by atoms with Gasteiger partial charge in [0.1, 0.15) is 13.0 Å². The summed E-state index contributed by atoms with van der Waals surface area (Å²) in [5.74, 6) is 0. The van der Waals surface area contributed by atoms with E-state index in [0.717, 1.165) is 67.4 Å². The zero-order valence-electron chi connectivity index (χ0n) is 16.4. The molecular weight excluding hydrogens is 362 g/mol. The van der Waals surface area contributed by atoms with E-state index in [-0.39, 0.29) is 0 Å². The molecule has 3 heterocycles. The molecule has 2 aromatic carbocycles. The molecule has 2 aliphatic heterocycles. The molecule has 1 fully saturated rings. The maximum absolute atomic E-state index is 5.41. The van der Waals surface area contributed by atoms with Gasteiger partial charge >= 0.3 is 0 Å². The van der Waals surface area contributed by atoms with Crippen LogP contribution in [0.5, 0.6) is 0 Å². The topological polar surface area (TPSA) is 45.9 Å². The Kier molecular flexibility index (Phi) is 5.11. The second-order valence-electron chi connectivity index (χ2n) is 7.42. The van der Waals surface area contributed by atoms with Crippen LogP contribution in [-0.4, -0.2) is 71.1 Å². The molecule has 2 aliphatic rings. The van der Waals surface area contributed by atoms with Crippen LogP contribution in [0, 0.1) is 0 Å². The lowest BCUT2D eigenvalue weighted by Gasteiger charge is -2.29. The second-order valence-corrected chi connectivity index (χ2v) is 7.42. The Hall–Kier alpha value is -2.96. The average Bonchev–Trinajstić information content (AvgIpc) is 3.23. The zero-order valence-corrected chi connectivity index (χ0v) is 16.4. The summed E-state index contributed by atoms with van der Waals surface area (Å²) in [5.41, 5.74) is 5.34. The number of rotatable bonds is 5. The number of para-hydroxylation sites is 1. The van der Waals surface area contributed by atoms with Gasteiger partial charge in [-0.2, -0.15) is 0 Å². The lowest BCUT2D eigenvalue weighted by molar-refractivity contribution is 0.0353. The van der Waals surface area contributed by atoms with Gasteiger partial charge in [-0.05, 0) is 30.3 Å². The highest BCUT2D eigenvalue weighted by atomic mass is 16.5. The summed E-state index contributed by atoms with van der Waals surface area (Å²) in [6.07, 6.45) is 6.16. The number of imidazole rings is 1. The van der Waals surface area contributed by atoms with E-state index in [1.165, 1.54) is 0 Å². The molecule has 0 unspecified atom stereocenters. The maximum Gasteiger partial charge on any atom is 0.110 e. The summed E-state index contributed by atoms with van der Waals surface area (Å²) >= 11 is 0. The summed E-state index contributed by atoms with van der Waals surface area (Å²) < 4.78 is 7.53. The van der Waals surface area contributed by atoms with Gasteiger partial charge in [0, 0.05) is 43.6 Å². The third-order valence-corrected chi connectivity index (χ3v) is 5.55. The third kappa shape index (κ3) is 3.95. The monoisotopic (exact) mass is 387 g/mol. The fraction of sp³-hybridized carbons (Fsp3) is 0.304. The van der Waals surface area contributed by atoms with Crippen LogP contribution >= 0.6 is 0 Å². The number of aliphatic imine (C=N–C) groups is 1. The van der Waals surface area contributed by atoms with Gasteiger partial charge in [0.2, 0.25) is 0 Å². The van der Waals surface area contributed by atoms with E-state index in [9.17, 15) is 0 Å². The van der Waals surface area contributed by atoms with Gasteiger partial charge in [0.25, 0.3) is 0 Å². The number of aromatic nitrogens is 2. The number of benzene rings is 2. The summed E-state index contributed by atoms with van der Waals surface area (Å²) in [5, 5.41) is 0. The molecule has 3 aromatic rings. The van der Waals surface area contributed by atoms with Crippen LogP contribution in [0.3, 0.4) is 0 Å². The molecule has 6 heteroatoms. The van der Waals surface area contributed by atoms with Crippen molar-refractivity contribution < 1.29 is 4.74 Å². The van der Waals surface area contributed by atoms with Gasteiger partial charge in [-0.1, -0.05) is 24.3 Å². The first-order valence-electron chi connectivity index (χ1n) is 10.2. The zero-order chi connectivity index (χ0) is 19.5. The van der Waals surface area contributed by atoms with E-state index in [0.29, 0.717) is 6.67 Å². The Bertz CT molecular complexity index is 1030. The third-order valence-electron chi connectivity index (χ3n) is 5.55. The van der Waals surface area contributed by atoms with Gasteiger partial charge in [0.05, 0.1) is 30.0 Å². The number of fused-ring (bicyclic) bond motifs is 1. The lowest BCUT2D eigenvalue weighted by atomic mass is 10.1. The quantitative estimate of drug-likeness (QED) is 0.675. The molecule has 0 spiro atoms. The highest BCUT2D eigenvalue weighted by molar-refractivity contribution is 6.10. The molecule has 5 rings (SSSR count). The predicted molar refractivity (Wildman–Crippen MR) is 116 cm³/mol. The van der Waals surface area contributed by atoms with Gasteiger partial charge in [-0.3, -0.25) is 14.5 Å². The highest BCUT2D eigenvalue weighted by Crippen LogP contribution is 2.20. The average molecular weight is 387 g/mol. The van der Waals surface area contributed by atoms with Crippen molar-refractivity contribution in [2.45, 2.75) is 0 Å². The van der Waals surface area contributed by atoms with Crippen LogP contribution in [0.15, 0.2) is 72.1 Å². The Labute approximate surface area is 170 Å². The van der Waals surface area contributed by atoms with Crippen molar-refractivity contribution in [1.82, 2.24) is 19.4 Å². The summed E-state index contributed by atoms with van der Waals surface area (Å²) in [6, 6.07) is 16.7. The minimum Gasteiger partial charge on any atom is -0.379 e. The molecule has 0 amide bonds. The molecule has 6 nitrogen and oxygen atoms in total. The van der Waals surface area contributed by atoms with E-state index in [2.05, 4.69) is 62.0 Å². The van der Waals surface area contributed by atoms with Crippen molar-refractivity contribution in [3.63, 3.8) is 0 Å². The van der Waals surface area contributed by atoms with E-state index >= 15 is 0 Å². The fourth-order valence-corrected chi connectivity index (χ4v) is 3.84. The predicted octanol–water partition coefficient (Wildman–Crippen LogP) is 2.93. The van der Waals surface area contributed by atoms with Gasteiger partial charge in [-0.15, -0.1) is 0 Å². The van der Waals surface area contributed by atoms with Crippen LogP contribution in [0.25, 0.3) is 16.7 Å². The Morgan fingerprint density at radius 2 is 1.83 bits per heavy atom. The number of hydrogen-bond acceptors (Lipinski definition) is 5. The number of morpholine rings is 1. The minimum atomic E-state index is 0.701. The number of hydrogen-bond donors (Lipinski definition) is 0. The van der Waals surface area contributed by atoms with Crippen LogP contribution in [0.2, 0.25) is 0 Å². The lowest BCUT2D eigenvalue weighted by Crippen LogP contribution is -2.40. The Morgan fingerprint density at radius 1 is 0.966 bits per heavy atom. The number of ether oxygens (including phenoxy) is 1. The first-order valence-corrected chi connectivity index (χ1v) is 10.2. The van der Waals surface area contributed by atoms with Crippen LogP contribution < -0.4 is 0 Å². The largest absolute Gasteiger partial charge is 0.379 e. The molecular formula is C23H25N5O. The molecule has 1 saturated heterocycles.